The van der Waals surface area contributed by atoms with Crippen LogP contribution in [0.5, 0.6) is 0 Å². The quantitative estimate of drug-likeness (QED) is 0.406. The molecule has 0 atom stereocenters. The van der Waals surface area contributed by atoms with Gasteiger partial charge in [0.1, 0.15) is 0 Å². The van der Waals surface area contributed by atoms with E-state index in [-0.39, 0.29) is 35.0 Å². The second-order valence-electron chi connectivity index (χ2n) is 5.65. The highest BCUT2D eigenvalue weighted by molar-refractivity contribution is 7.92. The van der Waals surface area contributed by atoms with Crippen LogP contribution < -0.4 is 4.31 Å². The normalized spacial score (nSPS) is 11.1. The fourth-order valence-corrected chi connectivity index (χ4v) is 4.05. The van der Waals surface area contributed by atoms with E-state index < -0.39 is 20.9 Å². The van der Waals surface area contributed by atoms with Gasteiger partial charge in [0.2, 0.25) is 0 Å². The fourth-order valence-electron chi connectivity index (χ4n) is 2.57. The first-order chi connectivity index (χ1) is 12.7. The average Bonchev–Trinajstić information content (AvgIpc) is 2.62. The van der Waals surface area contributed by atoms with Crippen LogP contribution in [0.25, 0.3) is 0 Å². The first-order valence-corrected chi connectivity index (χ1v) is 9.71. The van der Waals surface area contributed by atoms with Crippen molar-refractivity contribution < 1.29 is 22.9 Å². The Morgan fingerprint density at radius 1 is 1.19 bits per heavy atom. The average molecular weight is 392 g/mol. The van der Waals surface area contributed by atoms with Crippen molar-refractivity contribution in [1.82, 2.24) is 0 Å². The van der Waals surface area contributed by atoms with Crippen LogP contribution in [0, 0.1) is 17.0 Å². The molecule has 0 N–H and O–H groups in total. The third kappa shape index (κ3) is 4.25. The number of carbonyl (C=O) groups excluding carboxylic acids is 1. The SMILES string of the molecule is CCOC(=O)c1cccc(N(CC)S(=O)(=O)c2ccc(C)c([N+](=O)[O-])c2)c1. The molecular formula is C18H20N2O6S. The van der Waals surface area contributed by atoms with Crippen LogP contribution in [0.4, 0.5) is 11.4 Å². The lowest BCUT2D eigenvalue weighted by Gasteiger charge is -2.23. The van der Waals surface area contributed by atoms with Crippen molar-refractivity contribution in [2.75, 3.05) is 17.5 Å². The molecule has 2 aromatic carbocycles. The highest BCUT2D eigenvalue weighted by atomic mass is 32.2. The van der Waals surface area contributed by atoms with Crippen LogP contribution >= 0.6 is 0 Å². The van der Waals surface area contributed by atoms with E-state index in [1.165, 1.54) is 31.2 Å². The first kappa shape index (κ1) is 20.4. The summed E-state index contributed by atoms with van der Waals surface area (Å²) in [5.41, 5.74) is 0.586. The van der Waals surface area contributed by atoms with Crippen molar-refractivity contribution in [1.29, 1.82) is 0 Å². The molecule has 0 aliphatic carbocycles. The van der Waals surface area contributed by atoms with Gasteiger partial charge in [0.15, 0.2) is 0 Å². The van der Waals surface area contributed by atoms with Gasteiger partial charge in [0.25, 0.3) is 15.7 Å². The van der Waals surface area contributed by atoms with Gasteiger partial charge >= 0.3 is 5.97 Å². The van der Waals surface area contributed by atoms with Crippen LogP contribution in [0.3, 0.4) is 0 Å². The smallest absolute Gasteiger partial charge is 0.338 e. The van der Waals surface area contributed by atoms with Gasteiger partial charge in [-0.3, -0.25) is 14.4 Å². The molecule has 2 aromatic rings. The number of nitro groups is 1. The van der Waals surface area contributed by atoms with Gasteiger partial charge in [-0.1, -0.05) is 12.1 Å². The molecule has 0 aliphatic heterocycles. The number of carbonyl (C=O) groups is 1. The molecule has 0 saturated heterocycles. The monoisotopic (exact) mass is 392 g/mol. The van der Waals surface area contributed by atoms with Gasteiger partial charge in [-0.25, -0.2) is 13.2 Å². The summed E-state index contributed by atoms with van der Waals surface area (Å²) >= 11 is 0. The Labute approximate surface area is 157 Å². The molecule has 0 saturated carbocycles. The second-order valence-corrected chi connectivity index (χ2v) is 7.51. The summed E-state index contributed by atoms with van der Waals surface area (Å²) in [6, 6.07) is 9.82. The molecule has 2 rings (SSSR count). The number of esters is 1. The molecule has 0 unspecified atom stereocenters. The van der Waals surface area contributed by atoms with E-state index in [9.17, 15) is 23.3 Å². The van der Waals surface area contributed by atoms with Crippen molar-refractivity contribution >= 4 is 27.4 Å². The molecule has 144 valence electrons. The summed E-state index contributed by atoms with van der Waals surface area (Å²) in [5.74, 6) is -0.557. The molecule has 0 amide bonds. The second kappa shape index (κ2) is 8.17. The zero-order valence-corrected chi connectivity index (χ0v) is 16.0. The lowest BCUT2D eigenvalue weighted by atomic mass is 10.2. The van der Waals surface area contributed by atoms with Gasteiger partial charge in [-0.15, -0.1) is 0 Å². The number of rotatable bonds is 7. The van der Waals surface area contributed by atoms with Crippen LogP contribution in [-0.4, -0.2) is 32.5 Å². The minimum absolute atomic E-state index is 0.0796. The molecule has 0 fully saturated rings. The minimum Gasteiger partial charge on any atom is -0.462 e. The van der Waals surface area contributed by atoms with Gasteiger partial charge in [-0.05, 0) is 45.0 Å². The number of sulfonamides is 1. The molecule has 27 heavy (non-hydrogen) atoms. The summed E-state index contributed by atoms with van der Waals surface area (Å²) in [6.07, 6.45) is 0. The molecule has 0 radical (unpaired) electrons. The molecular weight excluding hydrogens is 372 g/mol. The van der Waals surface area contributed by atoms with E-state index in [1.807, 2.05) is 0 Å². The summed E-state index contributed by atoms with van der Waals surface area (Å²) < 4.78 is 32.1. The number of hydrogen-bond acceptors (Lipinski definition) is 6. The number of ether oxygens (including phenoxy) is 1. The van der Waals surface area contributed by atoms with E-state index in [0.29, 0.717) is 5.56 Å². The van der Waals surface area contributed by atoms with Gasteiger partial charge in [-0.2, -0.15) is 0 Å². The maximum atomic E-state index is 13.0. The minimum atomic E-state index is -4.05. The summed E-state index contributed by atoms with van der Waals surface area (Å²) in [5, 5.41) is 11.1. The molecule has 8 nitrogen and oxygen atoms in total. The number of anilines is 1. The van der Waals surface area contributed by atoms with E-state index in [0.717, 1.165) is 10.4 Å². The van der Waals surface area contributed by atoms with Crippen LogP contribution in [0.1, 0.15) is 29.8 Å². The standard InChI is InChI=1S/C18H20N2O6S/c1-4-19(15-8-6-7-14(11-15)18(21)26-5-2)27(24,25)16-10-9-13(3)17(12-16)20(22)23/h6-12H,4-5H2,1-3H3. The van der Waals surface area contributed by atoms with Crippen molar-refractivity contribution in [3.8, 4) is 0 Å². The van der Waals surface area contributed by atoms with Gasteiger partial charge in [0.05, 0.1) is 27.7 Å². The highest BCUT2D eigenvalue weighted by Crippen LogP contribution is 2.28. The lowest BCUT2D eigenvalue weighted by molar-refractivity contribution is -0.385. The summed E-state index contributed by atoms with van der Waals surface area (Å²) in [4.78, 5) is 22.2. The number of nitro benzene ring substituents is 1. The number of hydrogen-bond donors (Lipinski definition) is 0. The molecule has 9 heteroatoms. The van der Waals surface area contributed by atoms with Crippen LogP contribution in [-0.2, 0) is 14.8 Å². The fraction of sp³-hybridized carbons (Fsp3) is 0.278. The predicted octanol–water partition coefficient (Wildman–Crippen LogP) is 3.30. The Bertz CT molecular complexity index is 972. The Morgan fingerprint density at radius 2 is 1.89 bits per heavy atom. The zero-order valence-electron chi connectivity index (χ0n) is 15.2. The van der Waals surface area contributed by atoms with Crippen molar-refractivity contribution in [2.45, 2.75) is 25.7 Å². The molecule has 0 spiro atoms. The van der Waals surface area contributed by atoms with E-state index >= 15 is 0 Å². The maximum Gasteiger partial charge on any atom is 0.338 e. The first-order valence-electron chi connectivity index (χ1n) is 8.27. The number of aryl methyl sites for hydroxylation is 1. The van der Waals surface area contributed by atoms with Crippen LogP contribution in [0.2, 0.25) is 0 Å². The van der Waals surface area contributed by atoms with Crippen molar-refractivity contribution in [3.05, 3.63) is 63.7 Å². The molecule has 0 bridgehead atoms. The van der Waals surface area contributed by atoms with Crippen LogP contribution in [0.15, 0.2) is 47.4 Å². The maximum absolute atomic E-state index is 13.0. The number of benzene rings is 2. The third-order valence-electron chi connectivity index (χ3n) is 3.90. The predicted molar refractivity (Wildman–Crippen MR) is 100 cm³/mol. The van der Waals surface area contributed by atoms with Gasteiger partial charge in [0, 0.05) is 18.2 Å². The summed E-state index contributed by atoms with van der Waals surface area (Å²) in [7, 11) is -4.05. The Kier molecular flexibility index (Phi) is 6.17. The Hall–Kier alpha value is -2.94. The van der Waals surface area contributed by atoms with E-state index in [4.69, 9.17) is 4.74 Å². The largest absolute Gasteiger partial charge is 0.462 e. The van der Waals surface area contributed by atoms with E-state index in [1.54, 1.807) is 26.0 Å². The summed E-state index contributed by atoms with van der Waals surface area (Å²) in [6.45, 7) is 5.13. The Balaban J connectivity index is 2.51. The molecule has 0 aromatic heterocycles. The zero-order chi connectivity index (χ0) is 20.2. The van der Waals surface area contributed by atoms with Crippen molar-refractivity contribution in [2.24, 2.45) is 0 Å². The third-order valence-corrected chi connectivity index (χ3v) is 5.80. The topological polar surface area (TPSA) is 107 Å². The van der Waals surface area contributed by atoms with Gasteiger partial charge < -0.3 is 4.74 Å². The number of nitrogens with zero attached hydrogens (tertiary/aromatic N) is 2. The molecule has 0 aliphatic rings. The highest BCUT2D eigenvalue weighted by Gasteiger charge is 2.27. The van der Waals surface area contributed by atoms with E-state index in [2.05, 4.69) is 0 Å². The lowest BCUT2D eigenvalue weighted by Crippen LogP contribution is -2.31. The van der Waals surface area contributed by atoms with Crippen molar-refractivity contribution in [3.63, 3.8) is 0 Å². The molecule has 0 heterocycles. The Morgan fingerprint density at radius 3 is 2.48 bits per heavy atom.